The molecule has 68 valence electrons. The molecule has 0 spiro atoms. The molecular formula is C10H24P+. The summed E-state index contributed by atoms with van der Waals surface area (Å²) in [6.45, 7) is 12.0. The van der Waals surface area contributed by atoms with Crippen LogP contribution in [0.1, 0.15) is 33.6 Å². The van der Waals surface area contributed by atoms with Crippen LogP contribution in [0.2, 0.25) is 0 Å². The van der Waals surface area contributed by atoms with E-state index < -0.39 is 7.26 Å². The average molecular weight is 175 g/mol. The molecule has 0 N–H and O–H groups in total. The summed E-state index contributed by atoms with van der Waals surface area (Å²) >= 11 is 0. The van der Waals surface area contributed by atoms with Crippen LogP contribution in [0.5, 0.6) is 0 Å². The van der Waals surface area contributed by atoms with Crippen molar-refractivity contribution in [2.24, 2.45) is 5.92 Å². The van der Waals surface area contributed by atoms with Gasteiger partial charge in [0, 0.05) is 20.6 Å². The molecule has 0 heterocycles. The van der Waals surface area contributed by atoms with Crippen LogP contribution in [-0.2, 0) is 0 Å². The Morgan fingerprint density at radius 2 is 1.64 bits per heavy atom. The summed E-state index contributed by atoms with van der Waals surface area (Å²) in [6, 6.07) is 0. The first-order valence-corrected chi connectivity index (χ1v) is 7.85. The van der Waals surface area contributed by atoms with Crippen LogP contribution in [0.25, 0.3) is 0 Å². The van der Waals surface area contributed by atoms with Gasteiger partial charge >= 0.3 is 0 Å². The smallest absolute Gasteiger partial charge is 0.0591 e. The van der Waals surface area contributed by atoms with Crippen molar-refractivity contribution in [3.05, 3.63) is 0 Å². The Labute approximate surface area is 73.1 Å². The molecule has 0 amide bonds. The van der Waals surface area contributed by atoms with Crippen molar-refractivity contribution in [2.45, 2.75) is 33.6 Å². The van der Waals surface area contributed by atoms with Crippen LogP contribution in [0.15, 0.2) is 0 Å². The van der Waals surface area contributed by atoms with E-state index in [1.54, 1.807) is 0 Å². The largest absolute Gasteiger partial charge is 0.0626 e. The second kappa shape index (κ2) is 5.14. The first kappa shape index (κ1) is 11.4. The second-order valence-corrected chi connectivity index (χ2v) is 9.33. The van der Waals surface area contributed by atoms with Gasteiger partial charge in [-0.1, -0.05) is 20.8 Å². The number of hydrogen-bond acceptors (Lipinski definition) is 0. The van der Waals surface area contributed by atoms with E-state index in [0.717, 1.165) is 5.92 Å². The molecule has 0 aromatic heterocycles. The molecule has 0 unspecified atom stereocenters. The zero-order valence-electron chi connectivity index (χ0n) is 8.85. The van der Waals surface area contributed by atoms with Crippen LogP contribution in [0.4, 0.5) is 0 Å². The zero-order valence-corrected chi connectivity index (χ0v) is 9.75. The van der Waals surface area contributed by atoms with Crippen molar-refractivity contribution < 1.29 is 0 Å². The third-order valence-electron chi connectivity index (χ3n) is 2.14. The van der Waals surface area contributed by atoms with Gasteiger partial charge in [0.25, 0.3) is 0 Å². The number of hydrogen-bond donors (Lipinski definition) is 0. The monoisotopic (exact) mass is 175 g/mol. The molecule has 0 nitrogen and oxygen atoms in total. The summed E-state index contributed by atoms with van der Waals surface area (Å²) < 4.78 is 0. The van der Waals surface area contributed by atoms with Crippen LogP contribution >= 0.6 is 7.26 Å². The minimum atomic E-state index is -0.496. The van der Waals surface area contributed by atoms with Gasteiger partial charge in [-0.05, 0) is 18.8 Å². The summed E-state index contributed by atoms with van der Waals surface area (Å²) in [5.41, 5.74) is 0. The van der Waals surface area contributed by atoms with E-state index in [2.05, 4.69) is 34.1 Å². The van der Waals surface area contributed by atoms with Gasteiger partial charge in [-0.25, -0.2) is 0 Å². The maximum absolute atomic E-state index is 2.50. The normalized spacial score (nSPS) is 12.5. The van der Waals surface area contributed by atoms with Gasteiger partial charge in [0.15, 0.2) is 0 Å². The molecule has 0 aliphatic heterocycles. The molecule has 0 rings (SSSR count). The van der Waals surface area contributed by atoms with E-state index in [0.29, 0.717) is 0 Å². The molecule has 0 aromatic carbocycles. The molecule has 0 saturated carbocycles. The van der Waals surface area contributed by atoms with Crippen molar-refractivity contribution in [3.63, 3.8) is 0 Å². The summed E-state index contributed by atoms with van der Waals surface area (Å²) in [6.07, 6.45) is 5.79. The standard InChI is InChI=1S/C10H24P/c1-6-8-11(4,5)9-7-10(2)3/h10H,6-9H2,1-5H3/q+1. The third kappa shape index (κ3) is 6.81. The Balaban J connectivity index is 3.54. The molecule has 1 heteroatoms. The fraction of sp³-hybridized carbons (Fsp3) is 1.00. The second-order valence-electron chi connectivity index (χ2n) is 4.57. The molecule has 0 aliphatic rings. The first-order valence-electron chi connectivity index (χ1n) is 4.80. The lowest BCUT2D eigenvalue weighted by molar-refractivity contribution is 0.628. The summed E-state index contributed by atoms with van der Waals surface area (Å²) in [5.74, 6) is 0.895. The lowest BCUT2D eigenvalue weighted by Crippen LogP contribution is -2.02. The van der Waals surface area contributed by atoms with Crippen molar-refractivity contribution in [3.8, 4) is 0 Å². The predicted molar refractivity (Wildman–Crippen MR) is 58.2 cm³/mol. The molecular weight excluding hydrogens is 151 g/mol. The lowest BCUT2D eigenvalue weighted by Gasteiger charge is -2.18. The van der Waals surface area contributed by atoms with Gasteiger partial charge in [-0.2, -0.15) is 0 Å². The SMILES string of the molecule is CCC[P+](C)(C)CCC(C)C. The van der Waals surface area contributed by atoms with E-state index in [1.165, 1.54) is 25.2 Å². The highest BCUT2D eigenvalue weighted by Gasteiger charge is 2.22. The Bertz CT molecular complexity index is 95.0. The highest BCUT2D eigenvalue weighted by molar-refractivity contribution is 7.74. The highest BCUT2D eigenvalue weighted by atomic mass is 31.2. The van der Waals surface area contributed by atoms with E-state index in [1.807, 2.05) is 0 Å². The minimum absolute atomic E-state index is 0.496. The summed E-state index contributed by atoms with van der Waals surface area (Å²) in [4.78, 5) is 0. The molecule has 0 atom stereocenters. The van der Waals surface area contributed by atoms with E-state index in [9.17, 15) is 0 Å². The number of rotatable bonds is 5. The van der Waals surface area contributed by atoms with Gasteiger partial charge in [0.1, 0.15) is 0 Å². The third-order valence-corrected chi connectivity index (χ3v) is 5.27. The zero-order chi connectivity index (χ0) is 8.91. The van der Waals surface area contributed by atoms with Gasteiger partial charge in [0.2, 0.25) is 0 Å². The Hall–Kier alpha value is 0.430. The van der Waals surface area contributed by atoms with E-state index >= 15 is 0 Å². The van der Waals surface area contributed by atoms with E-state index in [4.69, 9.17) is 0 Å². The first-order chi connectivity index (χ1) is 4.98. The quantitative estimate of drug-likeness (QED) is 0.559. The lowest BCUT2D eigenvalue weighted by atomic mass is 10.2. The van der Waals surface area contributed by atoms with Crippen LogP contribution in [0.3, 0.4) is 0 Å². The molecule has 0 fully saturated rings. The fourth-order valence-electron chi connectivity index (χ4n) is 1.32. The predicted octanol–water partition coefficient (Wildman–Crippen LogP) is 3.72. The van der Waals surface area contributed by atoms with Crippen LogP contribution in [-0.4, -0.2) is 25.7 Å². The van der Waals surface area contributed by atoms with Gasteiger partial charge in [0.05, 0.1) is 12.3 Å². The van der Waals surface area contributed by atoms with Gasteiger partial charge in [-0.3, -0.25) is 0 Å². The fourth-order valence-corrected chi connectivity index (χ4v) is 3.97. The topological polar surface area (TPSA) is 0 Å². The van der Waals surface area contributed by atoms with Crippen molar-refractivity contribution in [2.75, 3.05) is 25.7 Å². The van der Waals surface area contributed by atoms with Gasteiger partial charge < -0.3 is 0 Å². The van der Waals surface area contributed by atoms with E-state index in [-0.39, 0.29) is 0 Å². The summed E-state index contributed by atoms with van der Waals surface area (Å²) in [7, 11) is -0.496. The summed E-state index contributed by atoms with van der Waals surface area (Å²) in [5, 5.41) is 0. The Kier molecular flexibility index (Phi) is 5.34. The molecule has 0 aliphatic carbocycles. The minimum Gasteiger partial charge on any atom is -0.0626 e. The van der Waals surface area contributed by atoms with Crippen molar-refractivity contribution in [1.82, 2.24) is 0 Å². The molecule has 0 radical (unpaired) electrons. The average Bonchev–Trinajstić information content (AvgIpc) is 1.84. The van der Waals surface area contributed by atoms with Crippen molar-refractivity contribution >= 4 is 7.26 Å². The highest BCUT2D eigenvalue weighted by Crippen LogP contribution is 2.52. The molecule has 0 aromatic rings. The van der Waals surface area contributed by atoms with Gasteiger partial charge in [-0.15, -0.1) is 0 Å². The Morgan fingerprint density at radius 3 is 2.00 bits per heavy atom. The molecule has 0 bridgehead atoms. The molecule has 0 saturated heterocycles. The maximum atomic E-state index is 2.50. The van der Waals surface area contributed by atoms with Crippen molar-refractivity contribution in [1.29, 1.82) is 0 Å². The molecule has 11 heavy (non-hydrogen) atoms. The maximum Gasteiger partial charge on any atom is 0.0591 e. The Morgan fingerprint density at radius 1 is 1.09 bits per heavy atom. The van der Waals surface area contributed by atoms with Crippen LogP contribution in [0, 0.1) is 5.92 Å². The van der Waals surface area contributed by atoms with Crippen LogP contribution < -0.4 is 0 Å².